The van der Waals surface area contributed by atoms with E-state index in [1.54, 1.807) is 25.4 Å². The first-order chi connectivity index (χ1) is 7.77. The van der Waals surface area contributed by atoms with Crippen molar-refractivity contribution in [3.63, 3.8) is 0 Å². The van der Waals surface area contributed by atoms with E-state index in [4.69, 9.17) is 10.00 Å². The highest BCUT2D eigenvalue weighted by Crippen LogP contribution is 2.07. The Kier molecular flexibility index (Phi) is 5.68. The summed E-state index contributed by atoms with van der Waals surface area (Å²) in [4.78, 5) is 3.93. The number of hydrogen-bond donors (Lipinski definition) is 0. The van der Waals surface area contributed by atoms with Gasteiger partial charge in [0.25, 0.3) is 0 Å². The summed E-state index contributed by atoms with van der Waals surface area (Å²) in [7, 11) is 0.667. The van der Waals surface area contributed by atoms with Gasteiger partial charge in [0.15, 0.2) is 0 Å². The van der Waals surface area contributed by atoms with E-state index in [2.05, 4.69) is 4.98 Å². The normalized spacial score (nSPS) is 12.0. The molecule has 0 saturated heterocycles. The molecule has 0 fully saturated rings. The SMILES string of the molecule is COCCCS(=O)Cc1cccnc1C#N. The van der Waals surface area contributed by atoms with Crippen LogP contribution in [0.2, 0.25) is 0 Å². The van der Waals surface area contributed by atoms with Crippen LogP contribution in [0.3, 0.4) is 0 Å². The lowest BCUT2D eigenvalue weighted by atomic mass is 10.2. The number of ether oxygens (including phenoxy) is 1. The fourth-order valence-corrected chi connectivity index (χ4v) is 2.43. The summed E-state index contributed by atoms with van der Waals surface area (Å²) in [6.07, 6.45) is 2.33. The lowest BCUT2D eigenvalue weighted by molar-refractivity contribution is 0.200. The van der Waals surface area contributed by atoms with Gasteiger partial charge in [-0.2, -0.15) is 5.26 Å². The minimum absolute atomic E-state index is 0.364. The second-order valence-corrected chi connectivity index (χ2v) is 4.83. The summed E-state index contributed by atoms with van der Waals surface area (Å²) in [5.74, 6) is 0.980. The molecular formula is C11H14N2O2S. The van der Waals surface area contributed by atoms with Gasteiger partial charge in [0.05, 0.1) is 5.75 Å². The van der Waals surface area contributed by atoms with Crippen molar-refractivity contribution in [2.24, 2.45) is 0 Å². The van der Waals surface area contributed by atoms with Crippen molar-refractivity contribution in [1.82, 2.24) is 4.98 Å². The van der Waals surface area contributed by atoms with Gasteiger partial charge in [0.2, 0.25) is 0 Å². The van der Waals surface area contributed by atoms with Crippen molar-refractivity contribution in [3.8, 4) is 6.07 Å². The zero-order valence-electron chi connectivity index (χ0n) is 9.18. The first-order valence-corrected chi connectivity index (χ1v) is 6.44. The van der Waals surface area contributed by atoms with Crippen LogP contribution in [0.4, 0.5) is 0 Å². The van der Waals surface area contributed by atoms with E-state index in [0.29, 0.717) is 23.8 Å². The van der Waals surface area contributed by atoms with Crippen molar-refractivity contribution >= 4 is 10.8 Å². The van der Waals surface area contributed by atoms with Gasteiger partial charge in [0.1, 0.15) is 11.8 Å². The molecule has 1 aromatic heterocycles. The van der Waals surface area contributed by atoms with Crippen molar-refractivity contribution in [2.75, 3.05) is 19.5 Å². The van der Waals surface area contributed by atoms with Crippen LogP contribution >= 0.6 is 0 Å². The lowest BCUT2D eigenvalue weighted by Gasteiger charge is -2.03. The van der Waals surface area contributed by atoms with E-state index in [0.717, 1.165) is 12.0 Å². The van der Waals surface area contributed by atoms with Crippen LogP contribution in [-0.4, -0.2) is 28.7 Å². The van der Waals surface area contributed by atoms with Gasteiger partial charge >= 0.3 is 0 Å². The van der Waals surface area contributed by atoms with Crippen molar-refractivity contribution < 1.29 is 8.95 Å². The van der Waals surface area contributed by atoms with Crippen molar-refractivity contribution in [2.45, 2.75) is 12.2 Å². The number of rotatable bonds is 6. The Morgan fingerprint density at radius 1 is 1.62 bits per heavy atom. The van der Waals surface area contributed by atoms with E-state index in [9.17, 15) is 4.21 Å². The maximum absolute atomic E-state index is 11.7. The molecule has 0 aliphatic carbocycles. The zero-order valence-corrected chi connectivity index (χ0v) is 10.00. The predicted molar refractivity (Wildman–Crippen MR) is 62.2 cm³/mol. The van der Waals surface area contributed by atoms with Crippen LogP contribution < -0.4 is 0 Å². The molecule has 1 atom stereocenters. The average Bonchev–Trinajstić information content (AvgIpc) is 2.30. The van der Waals surface area contributed by atoms with Crippen molar-refractivity contribution in [3.05, 3.63) is 29.6 Å². The number of hydrogen-bond acceptors (Lipinski definition) is 4. The third kappa shape index (κ3) is 4.09. The predicted octanol–water partition coefficient (Wildman–Crippen LogP) is 1.24. The number of pyridine rings is 1. The first-order valence-electron chi connectivity index (χ1n) is 4.96. The van der Waals surface area contributed by atoms with Crippen LogP contribution in [0.5, 0.6) is 0 Å². The fraction of sp³-hybridized carbons (Fsp3) is 0.455. The minimum Gasteiger partial charge on any atom is -0.385 e. The fourth-order valence-electron chi connectivity index (χ4n) is 1.27. The summed E-state index contributed by atoms with van der Waals surface area (Å²) >= 11 is 0. The maximum Gasteiger partial charge on any atom is 0.144 e. The van der Waals surface area contributed by atoms with Crippen LogP contribution in [0.15, 0.2) is 18.3 Å². The van der Waals surface area contributed by atoms with Gasteiger partial charge in [-0.3, -0.25) is 4.21 Å². The number of nitriles is 1. The molecule has 16 heavy (non-hydrogen) atoms. The quantitative estimate of drug-likeness (QED) is 0.699. The molecular weight excluding hydrogens is 224 g/mol. The zero-order chi connectivity index (χ0) is 11.8. The summed E-state index contributed by atoms with van der Waals surface area (Å²) in [5.41, 5.74) is 1.11. The van der Waals surface area contributed by atoms with E-state index in [1.807, 2.05) is 6.07 Å². The molecule has 86 valence electrons. The van der Waals surface area contributed by atoms with E-state index in [-0.39, 0.29) is 0 Å². The summed E-state index contributed by atoms with van der Waals surface area (Å²) in [6, 6.07) is 5.54. The van der Waals surface area contributed by atoms with Crippen LogP contribution in [0, 0.1) is 11.3 Å². The summed E-state index contributed by atoms with van der Waals surface area (Å²) in [6.45, 7) is 0.615. The van der Waals surface area contributed by atoms with Gasteiger partial charge in [-0.25, -0.2) is 4.98 Å². The molecule has 1 unspecified atom stereocenters. The Hall–Kier alpha value is -1.25. The van der Waals surface area contributed by atoms with Crippen LogP contribution in [0.25, 0.3) is 0 Å². The van der Waals surface area contributed by atoms with Crippen LogP contribution in [-0.2, 0) is 21.3 Å². The minimum atomic E-state index is -0.955. The maximum atomic E-state index is 11.7. The van der Waals surface area contributed by atoms with Crippen LogP contribution in [0.1, 0.15) is 17.7 Å². The van der Waals surface area contributed by atoms with Gasteiger partial charge < -0.3 is 4.74 Å². The molecule has 0 radical (unpaired) electrons. The molecule has 0 aliphatic rings. The third-order valence-corrected chi connectivity index (χ3v) is 3.41. The second kappa shape index (κ2) is 7.09. The molecule has 0 N–H and O–H groups in total. The molecule has 1 heterocycles. The molecule has 0 bridgehead atoms. The highest BCUT2D eigenvalue weighted by atomic mass is 32.2. The molecule has 0 amide bonds. The first kappa shape index (κ1) is 12.8. The van der Waals surface area contributed by atoms with Gasteiger partial charge in [-0.1, -0.05) is 6.07 Å². The van der Waals surface area contributed by atoms with E-state index < -0.39 is 10.8 Å². The summed E-state index contributed by atoms with van der Waals surface area (Å²) < 4.78 is 16.6. The molecule has 0 spiro atoms. The summed E-state index contributed by atoms with van der Waals surface area (Å²) in [5, 5.41) is 8.81. The molecule has 1 aromatic rings. The van der Waals surface area contributed by atoms with Crippen molar-refractivity contribution in [1.29, 1.82) is 5.26 Å². The molecule has 0 aromatic carbocycles. The standard InChI is InChI=1S/C11H14N2O2S/c1-15-6-3-7-16(14)9-10-4-2-5-13-11(10)8-12/h2,4-5H,3,6-7,9H2,1H3. The smallest absolute Gasteiger partial charge is 0.144 e. The highest BCUT2D eigenvalue weighted by Gasteiger charge is 2.06. The third-order valence-electron chi connectivity index (χ3n) is 2.03. The Morgan fingerprint density at radius 2 is 2.44 bits per heavy atom. The Bertz CT molecular complexity index is 401. The van der Waals surface area contributed by atoms with E-state index in [1.165, 1.54) is 0 Å². The monoisotopic (exact) mass is 238 g/mol. The number of methoxy groups -OCH3 is 1. The topological polar surface area (TPSA) is 63.0 Å². The van der Waals surface area contributed by atoms with Gasteiger partial charge in [-0.15, -0.1) is 0 Å². The molecule has 4 nitrogen and oxygen atoms in total. The number of nitrogens with zero attached hydrogens (tertiary/aromatic N) is 2. The Labute approximate surface area is 97.7 Å². The highest BCUT2D eigenvalue weighted by molar-refractivity contribution is 7.84. The largest absolute Gasteiger partial charge is 0.385 e. The molecule has 1 rings (SSSR count). The van der Waals surface area contributed by atoms with Gasteiger partial charge in [-0.05, 0) is 12.5 Å². The molecule has 5 heteroatoms. The average molecular weight is 238 g/mol. The Balaban J connectivity index is 2.53. The second-order valence-electron chi connectivity index (χ2n) is 3.26. The molecule has 0 aliphatic heterocycles. The van der Waals surface area contributed by atoms with Gasteiger partial charge in [0, 0.05) is 42.0 Å². The molecule has 0 saturated carbocycles. The Morgan fingerprint density at radius 3 is 3.12 bits per heavy atom. The van der Waals surface area contributed by atoms with E-state index >= 15 is 0 Å². The number of aromatic nitrogens is 1. The lowest BCUT2D eigenvalue weighted by Crippen LogP contribution is -2.05.